The summed E-state index contributed by atoms with van der Waals surface area (Å²) in [5, 5.41) is 0. The van der Waals surface area contributed by atoms with Crippen molar-refractivity contribution in [1.82, 2.24) is 9.62 Å². The van der Waals surface area contributed by atoms with E-state index in [-0.39, 0.29) is 11.5 Å². The van der Waals surface area contributed by atoms with E-state index in [1.54, 1.807) is 7.11 Å². The number of sulfonamides is 1. The summed E-state index contributed by atoms with van der Waals surface area (Å²) in [5.74, 6) is 0.910. The molecule has 2 fully saturated rings. The van der Waals surface area contributed by atoms with E-state index < -0.39 is 10.0 Å². The van der Waals surface area contributed by atoms with E-state index in [0.29, 0.717) is 0 Å². The predicted molar refractivity (Wildman–Crippen MR) is 105 cm³/mol. The highest BCUT2D eigenvalue weighted by Gasteiger charge is 2.36. The summed E-state index contributed by atoms with van der Waals surface area (Å²) in [7, 11) is -1.40. The second-order valence-electron chi connectivity index (χ2n) is 8.01. The molecule has 0 spiro atoms. The molecule has 1 saturated heterocycles. The van der Waals surface area contributed by atoms with Crippen LogP contribution in [0.15, 0.2) is 24.3 Å². The second-order valence-corrected chi connectivity index (χ2v) is 9.79. The Kier molecular flexibility index (Phi) is 6.25. The summed E-state index contributed by atoms with van der Waals surface area (Å²) in [5.41, 5.74) is 1.65. The molecule has 0 atom stereocenters. The molecule has 0 amide bonds. The van der Waals surface area contributed by atoms with Crippen LogP contribution in [0.2, 0.25) is 0 Å². The molecule has 1 heterocycles. The van der Waals surface area contributed by atoms with Crippen LogP contribution in [0.4, 0.5) is 0 Å². The van der Waals surface area contributed by atoms with Crippen molar-refractivity contribution in [2.24, 2.45) is 0 Å². The number of rotatable bonds is 6. The molecule has 5 nitrogen and oxygen atoms in total. The van der Waals surface area contributed by atoms with E-state index in [1.165, 1.54) is 43.9 Å². The molecule has 1 aliphatic carbocycles. The summed E-state index contributed by atoms with van der Waals surface area (Å²) in [6, 6.07) is 8.72. The van der Waals surface area contributed by atoms with E-state index in [0.717, 1.165) is 38.2 Å². The van der Waals surface area contributed by atoms with Crippen LogP contribution in [0, 0.1) is 0 Å². The summed E-state index contributed by atoms with van der Waals surface area (Å²) < 4.78 is 31.0. The van der Waals surface area contributed by atoms with Gasteiger partial charge >= 0.3 is 0 Å². The number of nitrogens with zero attached hydrogens (tertiary/aromatic N) is 1. The Hall–Kier alpha value is -1.11. The van der Waals surface area contributed by atoms with Gasteiger partial charge in [0.05, 0.1) is 13.4 Å². The first-order valence-electron chi connectivity index (χ1n) is 9.74. The fourth-order valence-corrected chi connectivity index (χ4v) is 5.49. The van der Waals surface area contributed by atoms with E-state index >= 15 is 0 Å². The Morgan fingerprint density at radius 3 is 2.27 bits per heavy atom. The van der Waals surface area contributed by atoms with Crippen LogP contribution < -0.4 is 9.46 Å². The number of methoxy groups -OCH3 is 1. The van der Waals surface area contributed by atoms with Crippen molar-refractivity contribution in [2.45, 2.75) is 56.4 Å². The van der Waals surface area contributed by atoms with Crippen LogP contribution in [0.1, 0.15) is 50.5 Å². The summed E-state index contributed by atoms with van der Waals surface area (Å²) in [4.78, 5) is 2.54. The van der Waals surface area contributed by atoms with Crippen LogP contribution in [0.5, 0.6) is 5.75 Å². The molecule has 1 aliphatic heterocycles. The van der Waals surface area contributed by atoms with Gasteiger partial charge in [-0.05, 0) is 56.5 Å². The van der Waals surface area contributed by atoms with Crippen molar-refractivity contribution in [2.75, 3.05) is 33.0 Å². The van der Waals surface area contributed by atoms with Crippen molar-refractivity contribution < 1.29 is 13.2 Å². The minimum Gasteiger partial charge on any atom is -0.497 e. The number of likely N-dealkylation sites (tertiary alicyclic amines) is 1. The highest BCUT2D eigenvalue weighted by atomic mass is 32.2. The number of piperidine rings is 1. The third kappa shape index (κ3) is 4.99. The maximum Gasteiger partial charge on any atom is 0.208 e. The molecule has 146 valence electrons. The molecule has 0 aromatic heterocycles. The number of benzene rings is 1. The Morgan fingerprint density at radius 1 is 1.12 bits per heavy atom. The molecule has 1 saturated carbocycles. The quantitative estimate of drug-likeness (QED) is 0.824. The van der Waals surface area contributed by atoms with E-state index in [1.807, 2.05) is 0 Å². The zero-order chi connectivity index (χ0) is 18.6. The molecule has 2 aliphatic rings. The molecule has 0 radical (unpaired) electrons. The fraction of sp³-hybridized carbons (Fsp3) is 0.700. The first-order valence-corrected chi connectivity index (χ1v) is 11.6. The van der Waals surface area contributed by atoms with Gasteiger partial charge in [-0.1, -0.05) is 31.4 Å². The first kappa shape index (κ1) is 19.6. The van der Waals surface area contributed by atoms with Crippen molar-refractivity contribution >= 4 is 10.0 Å². The zero-order valence-corrected chi connectivity index (χ0v) is 16.9. The molecule has 0 bridgehead atoms. The summed E-state index contributed by atoms with van der Waals surface area (Å²) in [6.07, 6.45) is 9.42. The highest BCUT2D eigenvalue weighted by molar-refractivity contribution is 7.88. The van der Waals surface area contributed by atoms with Crippen LogP contribution in [-0.4, -0.2) is 52.4 Å². The molecule has 1 aromatic rings. The average Bonchev–Trinajstić information content (AvgIpc) is 2.63. The van der Waals surface area contributed by atoms with Gasteiger partial charge in [0.15, 0.2) is 0 Å². The third-order valence-corrected chi connectivity index (χ3v) is 6.77. The number of hydrogen-bond donors (Lipinski definition) is 1. The third-order valence-electron chi connectivity index (χ3n) is 6.01. The van der Waals surface area contributed by atoms with Crippen molar-refractivity contribution in [1.29, 1.82) is 0 Å². The number of hydrogen-bond acceptors (Lipinski definition) is 4. The van der Waals surface area contributed by atoms with Gasteiger partial charge in [-0.25, -0.2) is 13.1 Å². The molecular formula is C20H32N2O3S. The number of ether oxygens (including phenoxy) is 1. The van der Waals surface area contributed by atoms with Gasteiger partial charge in [0.1, 0.15) is 5.75 Å². The maximum absolute atomic E-state index is 11.5. The lowest BCUT2D eigenvalue weighted by Gasteiger charge is -2.43. The molecule has 1 aromatic carbocycles. The maximum atomic E-state index is 11.5. The van der Waals surface area contributed by atoms with E-state index in [9.17, 15) is 8.42 Å². The Balaban J connectivity index is 1.67. The fourth-order valence-electron chi connectivity index (χ4n) is 4.65. The molecule has 1 N–H and O–H groups in total. The normalized spacial score (nSPS) is 22.2. The van der Waals surface area contributed by atoms with Crippen molar-refractivity contribution in [3.63, 3.8) is 0 Å². The van der Waals surface area contributed by atoms with Crippen LogP contribution >= 0.6 is 0 Å². The van der Waals surface area contributed by atoms with Gasteiger partial charge in [0.25, 0.3) is 0 Å². The topological polar surface area (TPSA) is 58.6 Å². The van der Waals surface area contributed by atoms with Gasteiger partial charge in [-0.15, -0.1) is 0 Å². The van der Waals surface area contributed by atoms with Gasteiger partial charge < -0.3 is 9.64 Å². The summed E-state index contributed by atoms with van der Waals surface area (Å²) >= 11 is 0. The SMILES string of the molecule is COc1ccc(C2(CN3CCC(NS(C)(=O)=O)CC3)CCCCC2)cc1. The predicted octanol–water partition coefficient (Wildman–Crippen LogP) is 2.91. The lowest BCUT2D eigenvalue weighted by Crippen LogP contribution is -2.49. The minimum absolute atomic E-state index is 0.0875. The van der Waals surface area contributed by atoms with Gasteiger partial charge in [0, 0.05) is 18.0 Å². The second kappa shape index (κ2) is 8.28. The molecule has 0 unspecified atom stereocenters. The minimum atomic E-state index is -3.11. The van der Waals surface area contributed by atoms with E-state index in [2.05, 4.69) is 33.9 Å². The lowest BCUT2D eigenvalue weighted by molar-refractivity contribution is 0.137. The van der Waals surface area contributed by atoms with Gasteiger partial charge in [-0.3, -0.25) is 0 Å². The molecule has 6 heteroatoms. The van der Waals surface area contributed by atoms with Gasteiger partial charge in [0.2, 0.25) is 10.0 Å². The van der Waals surface area contributed by atoms with Crippen LogP contribution in [0.25, 0.3) is 0 Å². The van der Waals surface area contributed by atoms with E-state index in [4.69, 9.17) is 4.74 Å². The zero-order valence-electron chi connectivity index (χ0n) is 16.0. The molecular weight excluding hydrogens is 348 g/mol. The molecule has 26 heavy (non-hydrogen) atoms. The number of nitrogens with one attached hydrogen (secondary N) is 1. The Morgan fingerprint density at radius 2 is 1.73 bits per heavy atom. The highest BCUT2D eigenvalue weighted by Crippen LogP contribution is 2.41. The largest absolute Gasteiger partial charge is 0.497 e. The standard InChI is InChI=1S/C20H32N2O3S/c1-25-19-8-6-17(7-9-19)20(12-4-3-5-13-20)16-22-14-10-18(11-15-22)21-26(2,23)24/h6-9,18,21H,3-5,10-16H2,1-2H3. The van der Waals surface area contributed by atoms with Crippen LogP contribution in [-0.2, 0) is 15.4 Å². The average molecular weight is 381 g/mol. The molecule has 3 rings (SSSR count). The Labute approximate surface area is 158 Å². The van der Waals surface area contributed by atoms with Gasteiger partial charge in [-0.2, -0.15) is 0 Å². The van der Waals surface area contributed by atoms with Crippen molar-refractivity contribution in [3.8, 4) is 5.75 Å². The van der Waals surface area contributed by atoms with Crippen molar-refractivity contribution in [3.05, 3.63) is 29.8 Å². The lowest BCUT2D eigenvalue weighted by atomic mass is 9.69. The van der Waals surface area contributed by atoms with Crippen LogP contribution in [0.3, 0.4) is 0 Å². The smallest absolute Gasteiger partial charge is 0.208 e. The summed E-state index contributed by atoms with van der Waals surface area (Å²) in [6.45, 7) is 3.00. The Bertz CT molecular complexity index is 674. The monoisotopic (exact) mass is 380 g/mol. The first-order chi connectivity index (χ1) is 12.4.